The highest BCUT2D eigenvalue weighted by molar-refractivity contribution is 7.64. The van der Waals surface area contributed by atoms with Crippen molar-refractivity contribution < 1.29 is 14.0 Å². The fraction of sp³-hybridized carbons (Fsp3) is 0.0909. The zero-order chi connectivity index (χ0) is 21.5. The van der Waals surface area contributed by atoms with Crippen molar-refractivity contribution >= 4 is 61.3 Å². The SMILES string of the molecule is CC(=O)Pc1ncc(-c2ccc3c(c2)oc2cc(-c4cnc(PC(C)=O)[nH]4)ccc23)[nH]1. The minimum atomic E-state index is 0.0293. The Morgan fingerprint density at radius 3 is 1.65 bits per heavy atom. The number of furan rings is 1. The Kier molecular flexibility index (Phi) is 5.01. The number of imidazole rings is 2. The van der Waals surface area contributed by atoms with Crippen LogP contribution in [0.5, 0.6) is 0 Å². The number of nitrogens with zero attached hydrogens (tertiary/aromatic N) is 2. The molecule has 5 rings (SSSR count). The van der Waals surface area contributed by atoms with Crippen LogP contribution in [0.3, 0.4) is 0 Å². The third-order valence-electron chi connectivity index (χ3n) is 4.84. The summed E-state index contributed by atoms with van der Waals surface area (Å²) in [7, 11) is 0.0586. The van der Waals surface area contributed by atoms with Crippen LogP contribution in [0.15, 0.2) is 53.2 Å². The van der Waals surface area contributed by atoms with E-state index in [1.54, 1.807) is 26.2 Å². The van der Waals surface area contributed by atoms with Gasteiger partial charge in [0.1, 0.15) is 22.3 Å². The van der Waals surface area contributed by atoms with Crippen LogP contribution in [0.2, 0.25) is 0 Å². The Balaban J connectivity index is 1.50. The van der Waals surface area contributed by atoms with Crippen molar-refractivity contribution in [1.29, 1.82) is 0 Å². The summed E-state index contributed by atoms with van der Waals surface area (Å²) < 4.78 is 6.15. The smallest absolute Gasteiger partial charge is 0.155 e. The van der Waals surface area contributed by atoms with E-state index in [1.165, 1.54) is 0 Å². The summed E-state index contributed by atoms with van der Waals surface area (Å²) in [5, 5.41) is 2.05. The second kappa shape index (κ2) is 7.84. The lowest BCUT2D eigenvalue weighted by Gasteiger charge is -1.98. The van der Waals surface area contributed by atoms with Crippen LogP contribution < -0.4 is 11.1 Å². The van der Waals surface area contributed by atoms with Crippen molar-refractivity contribution in [2.75, 3.05) is 0 Å². The molecule has 9 heteroatoms. The average Bonchev–Trinajstić information content (AvgIpc) is 3.44. The van der Waals surface area contributed by atoms with Gasteiger partial charge in [-0.1, -0.05) is 12.1 Å². The molecule has 0 saturated carbocycles. The molecular weight excluding hydrogens is 430 g/mol. The molecule has 154 valence electrons. The van der Waals surface area contributed by atoms with Crippen molar-refractivity contribution in [1.82, 2.24) is 19.9 Å². The number of carbonyl (C=O) groups excluding carboxylic acids is 2. The second-order valence-corrected chi connectivity index (χ2v) is 10.0. The fourth-order valence-corrected chi connectivity index (χ4v) is 4.83. The number of rotatable bonds is 6. The molecule has 0 spiro atoms. The van der Waals surface area contributed by atoms with Gasteiger partial charge in [-0.3, -0.25) is 9.59 Å². The topological polar surface area (TPSA) is 105 Å². The number of aromatic nitrogens is 4. The van der Waals surface area contributed by atoms with Crippen molar-refractivity contribution in [3.05, 3.63) is 48.8 Å². The normalized spacial score (nSPS) is 12.2. The number of hydrogen-bond donors (Lipinski definition) is 2. The molecule has 5 aromatic rings. The maximum absolute atomic E-state index is 11.3. The van der Waals surface area contributed by atoms with Gasteiger partial charge in [0, 0.05) is 39.1 Å². The van der Waals surface area contributed by atoms with Gasteiger partial charge in [0.05, 0.1) is 23.8 Å². The van der Waals surface area contributed by atoms with E-state index in [0.717, 1.165) is 44.5 Å². The Morgan fingerprint density at radius 2 is 1.23 bits per heavy atom. The van der Waals surface area contributed by atoms with E-state index in [1.807, 2.05) is 36.4 Å². The highest BCUT2D eigenvalue weighted by atomic mass is 31.1. The molecule has 0 radical (unpaired) electrons. The van der Waals surface area contributed by atoms with Gasteiger partial charge in [-0.05, 0) is 38.1 Å². The zero-order valence-corrected chi connectivity index (χ0v) is 18.7. The molecule has 2 aromatic carbocycles. The lowest BCUT2D eigenvalue weighted by Crippen LogP contribution is -2.01. The number of fused-ring (bicyclic) bond motifs is 3. The largest absolute Gasteiger partial charge is 0.456 e. The summed E-state index contributed by atoms with van der Waals surface area (Å²) in [4.78, 5) is 37.7. The molecule has 2 atom stereocenters. The minimum Gasteiger partial charge on any atom is -0.456 e. The number of aromatic amines is 2. The van der Waals surface area contributed by atoms with Gasteiger partial charge >= 0.3 is 0 Å². The molecule has 0 saturated heterocycles. The van der Waals surface area contributed by atoms with Gasteiger partial charge in [0.2, 0.25) is 0 Å². The van der Waals surface area contributed by atoms with Gasteiger partial charge in [-0.2, -0.15) is 0 Å². The van der Waals surface area contributed by atoms with Gasteiger partial charge in [0.25, 0.3) is 0 Å². The summed E-state index contributed by atoms with van der Waals surface area (Å²) >= 11 is 0. The van der Waals surface area contributed by atoms with Crippen molar-refractivity contribution in [3.8, 4) is 22.5 Å². The van der Waals surface area contributed by atoms with E-state index >= 15 is 0 Å². The number of carbonyl (C=O) groups is 2. The number of benzene rings is 2. The number of hydrogen-bond acceptors (Lipinski definition) is 5. The second-order valence-electron chi connectivity index (χ2n) is 7.18. The first-order chi connectivity index (χ1) is 15.0. The van der Waals surface area contributed by atoms with Crippen LogP contribution in [0.25, 0.3) is 44.5 Å². The van der Waals surface area contributed by atoms with Crippen molar-refractivity contribution in [2.45, 2.75) is 13.8 Å². The van der Waals surface area contributed by atoms with Crippen molar-refractivity contribution in [2.24, 2.45) is 0 Å². The van der Waals surface area contributed by atoms with Crippen LogP contribution in [0.4, 0.5) is 0 Å². The molecule has 2 N–H and O–H groups in total. The van der Waals surface area contributed by atoms with E-state index in [9.17, 15) is 9.59 Å². The van der Waals surface area contributed by atoms with Crippen molar-refractivity contribution in [3.63, 3.8) is 0 Å². The average molecular weight is 448 g/mol. The Hall–Kier alpha value is -3.14. The maximum Gasteiger partial charge on any atom is 0.155 e. The molecule has 31 heavy (non-hydrogen) atoms. The monoisotopic (exact) mass is 448 g/mol. The van der Waals surface area contributed by atoms with Crippen LogP contribution in [0, 0.1) is 0 Å². The van der Waals surface area contributed by atoms with Gasteiger partial charge in [-0.25, -0.2) is 9.97 Å². The standard InChI is InChI=1S/C22H18N4O3P2/c1-11(27)30-21-23-9-17(25-21)13-3-5-15-16-6-4-14(8-20(16)29-19(15)7-13)18-10-24-22(26-18)31-12(2)28/h3-10,30-31H,1-2H3,(H,23,25)(H,24,26). The molecule has 0 fully saturated rings. The first-order valence-corrected chi connectivity index (χ1v) is 11.6. The third-order valence-corrected chi connectivity index (χ3v) is 6.52. The van der Waals surface area contributed by atoms with Crippen LogP contribution in [-0.2, 0) is 9.59 Å². The van der Waals surface area contributed by atoms with Crippen LogP contribution in [-0.4, -0.2) is 31.0 Å². The Bertz CT molecular complexity index is 1360. The lowest BCUT2D eigenvalue weighted by molar-refractivity contribution is -0.110. The first-order valence-electron chi connectivity index (χ1n) is 9.58. The predicted molar refractivity (Wildman–Crippen MR) is 126 cm³/mol. The molecule has 7 nitrogen and oxygen atoms in total. The van der Waals surface area contributed by atoms with Gasteiger partial charge in [-0.15, -0.1) is 0 Å². The summed E-state index contributed by atoms with van der Waals surface area (Å²) in [6.45, 7) is 3.12. The van der Waals surface area contributed by atoms with E-state index in [0.29, 0.717) is 11.1 Å². The molecule has 3 aromatic heterocycles. The minimum absolute atomic E-state index is 0.0293. The summed E-state index contributed by atoms with van der Waals surface area (Å²) in [5.74, 6) is 0. The third kappa shape index (κ3) is 3.95. The fourth-order valence-electron chi connectivity index (χ4n) is 3.51. The summed E-state index contributed by atoms with van der Waals surface area (Å²) in [6, 6.07) is 12.1. The van der Waals surface area contributed by atoms with Crippen LogP contribution in [0.1, 0.15) is 13.8 Å². The van der Waals surface area contributed by atoms with E-state index in [2.05, 4.69) is 19.9 Å². The van der Waals surface area contributed by atoms with Gasteiger partial charge in [0.15, 0.2) is 11.0 Å². The summed E-state index contributed by atoms with van der Waals surface area (Å²) in [5.41, 5.74) is 6.70. The molecule has 0 bridgehead atoms. The van der Waals surface area contributed by atoms with E-state index in [-0.39, 0.29) is 28.2 Å². The molecule has 2 unspecified atom stereocenters. The Labute approximate surface area is 180 Å². The van der Waals surface area contributed by atoms with E-state index in [4.69, 9.17) is 4.42 Å². The first kappa shape index (κ1) is 19.8. The van der Waals surface area contributed by atoms with Gasteiger partial charge < -0.3 is 14.4 Å². The highest BCUT2D eigenvalue weighted by Gasteiger charge is 2.13. The predicted octanol–water partition coefficient (Wildman–Crippen LogP) is 4.07. The quantitative estimate of drug-likeness (QED) is 0.381. The molecule has 3 heterocycles. The Morgan fingerprint density at radius 1 is 0.774 bits per heavy atom. The summed E-state index contributed by atoms with van der Waals surface area (Å²) in [6.07, 6.45) is 3.48. The molecule has 0 aliphatic heterocycles. The zero-order valence-electron chi connectivity index (χ0n) is 16.7. The lowest BCUT2D eigenvalue weighted by atomic mass is 10.1. The highest BCUT2D eigenvalue weighted by Crippen LogP contribution is 2.34. The number of H-pyrrole nitrogens is 2. The van der Waals surface area contributed by atoms with E-state index < -0.39 is 0 Å². The molecular formula is C22H18N4O3P2. The van der Waals surface area contributed by atoms with Crippen LogP contribution >= 0.6 is 17.2 Å². The maximum atomic E-state index is 11.3. The molecule has 0 aliphatic carbocycles. The number of nitrogens with one attached hydrogen (secondary N) is 2. The molecule has 0 aliphatic rings. The molecule has 0 amide bonds.